The number of alkyl halides is 6. The summed E-state index contributed by atoms with van der Waals surface area (Å²) in [5, 5.41) is 17.2. The molecule has 372 valence electrons. The van der Waals surface area contributed by atoms with Crippen molar-refractivity contribution in [3.8, 4) is 0 Å². The number of benzene rings is 2. The van der Waals surface area contributed by atoms with E-state index in [0.717, 1.165) is 63.0 Å². The Hall–Kier alpha value is -6.02. The zero-order chi connectivity index (χ0) is 51.2. The van der Waals surface area contributed by atoms with Crippen molar-refractivity contribution in [2.24, 2.45) is 0 Å². The van der Waals surface area contributed by atoms with Crippen LogP contribution < -0.4 is 19.6 Å². The van der Waals surface area contributed by atoms with Crippen LogP contribution in [0.1, 0.15) is 22.5 Å². The molecule has 0 spiro atoms. The maximum atomic E-state index is 14.5. The Morgan fingerprint density at radius 1 is 0.739 bits per heavy atom. The summed E-state index contributed by atoms with van der Waals surface area (Å²) in [6.45, 7) is 1.35. The molecule has 69 heavy (non-hydrogen) atoms. The summed E-state index contributed by atoms with van der Waals surface area (Å²) in [6, 6.07) is 1.93. The lowest BCUT2D eigenvalue weighted by atomic mass is 10.1. The monoisotopic (exact) mass is 1030 g/mol. The largest absolute Gasteiger partial charge is 0.416 e. The fraction of sp³-hybridized carbons (Fsp3) is 0.381. The first kappa shape index (κ1) is 52.4. The number of carbonyl (C=O) groups is 4. The van der Waals surface area contributed by atoms with E-state index < -0.39 is 130 Å². The number of carbonyl (C=O) groups excluding carboxylic acids is 4. The average molecular weight is 1030 g/mol. The van der Waals surface area contributed by atoms with E-state index in [9.17, 15) is 68.2 Å². The number of rotatable bonds is 11. The van der Waals surface area contributed by atoms with Gasteiger partial charge in [0.1, 0.15) is 45.4 Å². The minimum Gasteiger partial charge on any atom is -0.394 e. The second kappa shape index (κ2) is 20.1. The molecule has 5 heterocycles. The summed E-state index contributed by atoms with van der Waals surface area (Å²) < 4.78 is 142. The Bertz CT molecular complexity index is 2660. The number of amides is 6. The Morgan fingerprint density at radius 3 is 1.51 bits per heavy atom. The number of β-amino-alcohol motifs (C(OH)–C–C–N with tert-alkyl or cyclic N) is 1. The molecule has 15 nitrogen and oxygen atoms in total. The maximum Gasteiger partial charge on any atom is 0.416 e. The number of nitrogens with zero attached hydrogens (tertiary/aromatic N) is 8. The smallest absolute Gasteiger partial charge is 0.394 e. The van der Waals surface area contributed by atoms with Crippen LogP contribution in [-0.4, -0.2) is 132 Å². The number of aryl methyl sites for hydroxylation is 2. The molecular formula is C42H38Cl2F10N8O7. The van der Waals surface area contributed by atoms with Gasteiger partial charge in [-0.05, 0) is 62.4 Å². The SMILES string of the molecule is Cc1cc(C(F)(F)F)cc(N2C(=O)N(CC(O)CO)C[C@H]2C(=O)N(C)c2ccc(F)c(Cl)c2F)n1.Cc1cc(C(F)(F)F)cc(N2C(=O)N(CC3CO3)C[C@H]2C(=O)N(C)c2ccc(F)c(Cl)c2F)n1. The molecule has 2 unspecified atom stereocenters. The molecule has 3 aliphatic heterocycles. The Balaban J connectivity index is 0.000000227. The maximum absolute atomic E-state index is 14.5. The molecule has 0 saturated carbocycles. The molecule has 0 radical (unpaired) electrons. The molecule has 2 N–H and O–H groups in total. The predicted octanol–water partition coefficient (Wildman–Crippen LogP) is 6.98. The average Bonchev–Trinajstić information content (AvgIpc) is 3.97. The van der Waals surface area contributed by atoms with Crippen LogP contribution in [0, 0.1) is 37.1 Å². The lowest BCUT2D eigenvalue weighted by molar-refractivity contribution is -0.138. The van der Waals surface area contributed by atoms with Gasteiger partial charge in [0.15, 0.2) is 11.6 Å². The van der Waals surface area contributed by atoms with Crippen LogP contribution >= 0.6 is 23.2 Å². The Morgan fingerprint density at radius 2 is 1.13 bits per heavy atom. The number of epoxide rings is 1. The van der Waals surface area contributed by atoms with Gasteiger partial charge in [-0.3, -0.25) is 19.4 Å². The van der Waals surface area contributed by atoms with Crippen LogP contribution in [0.25, 0.3) is 0 Å². The third kappa shape index (κ3) is 11.2. The number of hydrogen-bond donors (Lipinski definition) is 2. The van der Waals surface area contributed by atoms with Crippen molar-refractivity contribution in [3.63, 3.8) is 0 Å². The Labute approximate surface area is 394 Å². The minimum absolute atomic E-state index is 0.0162. The van der Waals surface area contributed by atoms with Gasteiger partial charge < -0.3 is 34.5 Å². The summed E-state index contributed by atoms with van der Waals surface area (Å²) in [7, 11) is 2.31. The highest BCUT2D eigenvalue weighted by molar-refractivity contribution is 6.31. The highest BCUT2D eigenvalue weighted by Crippen LogP contribution is 2.37. The first-order valence-corrected chi connectivity index (χ1v) is 20.9. The molecule has 3 fully saturated rings. The normalized spacial score (nSPS) is 18.7. The number of aromatic nitrogens is 2. The van der Waals surface area contributed by atoms with E-state index in [1.165, 1.54) is 25.8 Å². The van der Waals surface area contributed by atoms with Crippen LogP contribution in [0.3, 0.4) is 0 Å². The van der Waals surface area contributed by atoms with Gasteiger partial charge in [0.2, 0.25) is 0 Å². The molecular weight excluding hydrogens is 989 g/mol. The number of pyridine rings is 2. The first-order valence-electron chi connectivity index (χ1n) is 20.1. The lowest BCUT2D eigenvalue weighted by Gasteiger charge is -2.27. The van der Waals surface area contributed by atoms with Crippen LogP contribution in [0.5, 0.6) is 0 Å². The second-order valence-electron chi connectivity index (χ2n) is 15.8. The lowest BCUT2D eigenvalue weighted by Crippen LogP contribution is -2.47. The van der Waals surface area contributed by atoms with Crippen molar-refractivity contribution >= 4 is 70.1 Å². The van der Waals surface area contributed by atoms with Gasteiger partial charge in [0.05, 0.1) is 74.1 Å². The highest BCUT2D eigenvalue weighted by atomic mass is 35.5. The zero-order valence-electron chi connectivity index (χ0n) is 36.2. The molecule has 4 aromatic rings. The molecule has 2 aromatic carbocycles. The van der Waals surface area contributed by atoms with E-state index in [-0.39, 0.29) is 42.1 Å². The number of aliphatic hydroxyl groups excluding tert-OH is 2. The van der Waals surface area contributed by atoms with Crippen molar-refractivity contribution in [1.29, 1.82) is 0 Å². The number of anilines is 4. The summed E-state index contributed by atoms with van der Waals surface area (Å²) in [6.07, 6.45) is -11.1. The molecule has 3 aliphatic rings. The second-order valence-corrected chi connectivity index (χ2v) is 16.6. The molecule has 2 aromatic heterocycles. The topological polar surface area (TPSA) is 166 Å². The minimum atomic E-state index is -4.78. The third-order valence-electron chi connectivity index (χ3n) is 10.8. The van der Waals surface area contributed by atoms with Gasteiger partial charge in [-0.15, -0.1) is 0 Å². The van der Waals surface area contributed by atoms with Crippen LogP contribution in [0.15, 0.2) is 48.5 Å². The quantitative estimate of drug-likeness (QED) is 0.0916. The van der Waals surface area contributed by atoms with Crippen LogP contribution in [0.4, 0.5) is 76.5 Å². The van der Waals surface area contributed by atoms with Gasteiger partial charge in [0.25, 0.3) is 11.8 Å². The van der Waals surface area contributed by atoms with Crippen LogP contribution in [-0.2, 0) is 26.7 Å². The summed E-state index contributed by atoms with van der Waals surface area (Å²) >= 11 is 11.2. The van der Waals surface area contributed by atoms with E-state index in [1.54, 1.807) is 0 Å². The number of likely N-dealkylation sites (N-methyl/N-ethyl adjacent to an activating group) is 2. The molecule has 4 atom stereocenters. The van der Waals surface area contributed by atoms with Crippen molar-refractivity contribution in [1.82, 2.24) is 19.8 Å². The van der Waals surface area contributed by atoms with E-state index in [4.69, 9.17) is 33.0 Å². The van der Waals surface area contributed by atoms with Gasteiger partial charge in [-0.2, -0.15) is 26.3 Å². The zero-order valence-corrected chi connectivity index (χ0v) is 37.7. The third-order valence-corrected chi connectivity index (χ3v) is 11.5. The van der Waals surface area contributed by atoms with Crippen molar-refractivity contribution in [3.05, 3.63) is 104 Å². The number of urea groups is 2. The fourth-order valence-electron chi connectivity index (χ4n) is 7.35. The molecule has 27 heteroatoms. The number of halogens is 12. The summed E-state index contributed by atoms with van der Waals surface area (Å²) in [5.41, 5.74) is -3.05. The van der Waals surface area contributed by atoms with E-state index >= 15 is 0 Å². The first-order chi connectivity index (χ1) is 32.1. The molecule has 6 amide bonds. The van der Waals surface area contributed by atoms with Crippen molar-refractivity contribution < 1.29 is 78.0 Å². The van der Waals surface area contributed by atoms with E-state index in [0.29, 0.717) is 23.6 Å². The van der Waals surface area contributed by atoms with Gasteiger partial charge >= 0.3 is 24.4 Å². The standard InChI is InChI=1S/C21H20ClF5N4O4.C21H18ClF5N4O3/c1-10-5-11(21(25,26)27)6-16(28-10)31-15(8-30(20(31)35)7-12(33)9-32)19(34)29(2)14-4-3-13(23)17(22)18(14)24;1-10-5-11(21(25,26)27)6-16(28-10)31-15(8-30(20(31)33)7-12-9-34-12)19(32)29(2)14-4-3-13(23)17(22)18(14)24/h3-6,12,15,32-33H,7-9H2,1-2H3;3-6,12,15H,7-9H2,1-2H3/t2*12?,15-/m00/s1. The van der Waals surface area contributed by atoms with Gasteiger partial charge in [-0.1, -0.05) is 23.2 Å². The van der Waals surface area contributed by atoms with Gasteiger partial charge in [0, 0.05) is 25.5 Å². The molecule has 0 bridgehead atoms. The summed E-state index contributed by atoms with van der Waals surface area (Å²) in [4.78, 5) is 66.3. The number of hydrogen-bond acceptors (Lipinski definition) is 9. The fourth-order valence-corrected chi connectivity index (χ4v) is 7.67. The van der Waals surface area contributed by atoms with Crippen molar-refractivity contribution in [2.75, 3.05) is 73.1 Å². The molecule has 3 saturated heterocycles. The number of ether oxygens (including phenoxy) is 1. The van der Waals surface area contributed by atoms with Crippen molar-refractivity contribution in [2.45, 2.75) is 50.5 Å². The predicted molar refractivity (Wildman–Crippen MR) is 227 cm³/mol. The molecule has 7 rings (SSSR count). The highest BCUT2D eigenvalue weighted by Gasteiger charge is 2.48. The molecule has 0 aliphatic carbocycles. The van der Waals surface area contributed by atoms with E-state index in [1.807, 2.05) is 0 Å². The number of aliphatic hydroxyl groups is 2. The summed E-state index contributed by atoms with van der Waals surface area (Å²) in [5.74, 6) is -7.18. The van der Waals surface area contributed by atoms with Crippen LogP contribution in [0.2, 0.25) is 10.0 Å². The Kier molecular flexibility index (Phi) is 15.3. The van der Waals surface area contributed by atoms with E-state index in [2.05, 4.69) is 9.97 Å². The van der Waals surface area contributed by atoms with Gasteiger partial charge in [-0.25, -0.2) is 37.1 Å².